The van der Waals surface area contributed by atoms with E-state index in [0.717, 1.165) is 0 Å². The van der Waals surface area contributed by atoms with Gasteiger partial charge in [0.2, 0.25) is 5.67 Å². The molecule has 0 aromatic carbocycles. The van der Waals surface area contributed by atoms with Crippen molar-refractivity contribution in [2.75, 3.05) is 39.9 Å². The van der Waals surface area contributed by atoms with Crippen molar-refractivity contribution in [2.24, 2.45) is 0 Å². The van der Waals surface area contributed by atoms with Crippen LogP contribution in [0.4, 0.5) is 8.78 Å². The molecule has 3 rings (SSSR count). The molecule has 0 radical (unpaired) electrons. The molecule has 1 aromatic heterocycles. The fourth-order valence-electron chi connectivity index (χ4n) is 3.14. The number of rotatable bonds is 5. The van der Waals surface area contributed by atoms with Gasteiger partial charge in [-0.25, -0.2) is 13.8 Å². The highest BCUT2D eigenvalue weighted by molar-refractivity contribution is 5.90. The van der Waals surface area contributed by atoms with E-state index in [1.54, 1.807) is 17.3 Å². The number of imidazole rings is 1. The predicted octanol–water partition coefficient (Wildman–Crippen LogP) is 0.130. The summed E-state index contributed by atoms with van der Waals surface area (Å²) in [6.45, 7) is 0.209. The summed E-state index contributed by atoms with van der Waals surface area (Å²) in [5.41, 5.74) is -4.63. The molecule has 6 nitrogen and oxygen atoms in total. The molecule has 2 saturated heterocycles. The lowest BCUT2D eigenvalue weighted by Gasteiger charge is -2.21. The number of likely N-dealkylation sites (tertiary alicyclic amines) is 2. The van der Waals surface area contributed by atoms with Crippen molar-refractivity contribution in [1.82, 2.24) is 19.8 Å². The summed E-state index contributed by atoms with van der Waals surface area (Å²) in [5.74, 6) is -0.144. The van der Waals surface area contributed by atoms with Crippen molar-refractivity contribution in [3.05, 3.63) is 18.2 Å². The molecule has 116 valence electrons. The third kappa shape index (κ3) is 2.22. The van der Waals surface area contributed by atoms with Crippen LogP contribution in [0, 0.1) is 0 Å². The maximum absolute atomic E-state index is 15.0. The number of nitrogens with one attached hydrogen (secondary N) is 1. The quantitative estimate of drug-likeness (QED) is 0.840. The third-order valence-corrected chi connectivity index (χ3v) is 4.19. The Morgan fingerprint density at radius 1 is 1.43 bits per heavy atom. The SMILES string of the molecule is COCCN1C[C@@]2(F)CN(Cc3ncc[nH]3)C[C@@]2(F)C1=O. The standard InChI is InChI=1S/C13H18F2N4O2/c1-21-5-4-19-8-12(14)7-18(6-10-16-2-3-17-10)9-13(12,15)11(19)20/h2-3H,4-9H2,1H3,(H,16,17)/t12-,13+/m0/s1. The smallest absolute Gasteiger partial charge is 0.265 e. The Labute approximate surface area is 121 Å². The van der Waals surface area contributed by atoms with Gasteiger partial charge in [0.05, 0.1) is 19.7 Å². The van der Waals surface area contributed by atoms with Crippen LogP contribution in [0.15, 0.2) is 12.4 Å². The van der Waals surface area contributed by atoms with Gasteiger partial charge < -0.3 is 14.6 Å². The van der Waals surface area contributed by atoms with E-state index >= 15 is 0 Å². The zero-order chi connectivity index (χ0) is 15.1. The van der Waals surface area contributed by atoms with E-state index < -0.39 is 17.2 Å². The van der Waals surface area contributed by atoms with Crippen LogP contribution in [-0.4, -0.2) is 76.9 Å². The first-order valence-corrected chi connectivity index (χ1v) is 6.85. The maximum atomic E-state index is 15.0. The van der Waals surface area contributed by atoms with E-state index in [0.29, 0.717) is 12.4 Å². The van der Waals surface area contributed by atoms with Crippen molar-refractivity contribution >= 4 is 5.91 Å². The molecule has 8 heteroatoms. The number of methoxy groups -OCH3 is 1. The number of alkyl halides is 2. The van der Waals surface area contributed by atoms with E-state index in [-0.39, 0.29) is 32.8 Å². The molecule has 2 aliphatic heterocycles. The third-order valence-electron chi connectivity index (χ3n) is 4.19. The summed E-state index contributed by atoms with van der Waals surface area (Å²) in [4.78, 5) is 21.9. The van der Waals surface area contributed by atoms with Gasteiger partial charge in [-0.1, -0.05) is 0 Å². The number of halogens is 2. The van der Waals surface area contributed by atoms with Crippen LogP contribution in [0.2, 0.25) is 0 Å². The Morgan fingerprint density at radius 2 is 2.24 bits per heavy atom. The summed E-state index contributed by atoms with van der Waals surface area (Å²) in [6.07, 6.45) is 3.24. The largest absolute Gasteiger partial charge is 0.383 e. The first-order chi connectivity index (χ1) is 9.98. The summed E-state index contributed by atoms with van der Waals surface area (Å²) < 4.78 is 34.8. The predicted molar refractivity (Wildman–Crippen MR) is 70.0 cm³/mol. The number of hydrogen-bond acceptors (Lipinski definition) is 4. The summed E-state index contributed by atoms with van der Waals surface area (Å²) in [5, 5.41) is 0. The van der Waals surface area contributed by atoms with Gasteiger partial charge in [0, 0.05) is 39.1 Å². The minimum Gasteiger partial charge on any atom is -0.383 e. The number of aromatic amines is 1. The number of hydrogen-bond donors (Lipinski definition) is 1. The van der Waals surface area contributed by atoms with Gasteiger partial charge >= 0.3 is 0 Å². The van der Waals surface area contributed by atoms with Crippen molar-refractivity contribution in [3.63, 3.8) is 0 Å². The Morgan fingerprint density at radius 3 is 2.86 bits per heavy atom. The topological polar surface area (TPSA) is 61.5 Å². The van der Waals surface area contributed by atoms with Crippen molar-refractivity contribution in [3.8, 4) is 0 Å². The molecule has 0 aliphatic carbocycles. The van der Waals surface area contributed by atoms with Crippen LogP contribution in [0.5, 0.6) is 0 Å². The molecule has 21 heavy (non-hydrogen) atoms. The zero-order valence-electron chi connectivity index (χ0n) is 11.8. The average Bonchev–Trinajstić information content (AvgIpc) is 3.06. The second kappa shape index (κ2) is 5.03. The molecule has 0 saturated carbocycles. The van der Waals surface area contributed by atoms with Gasteiger partial charge in [0.25, 0.3) is 5.91 Å². The van der Waals surface area contributed by atoms with Crippen LogP contribution in [0.1, 0.15) is 5.82 Å². The van der Waals surface area contributed by atoms with Crippen LogP contribution < -0.4 is 0 Å². The number of ether oxygens (including phenoxy) is 1. The van der Waals surface area contributed by atoms with Crippen LogP contribution >= 0.6 is 0 Å². The lowest BCUT2D eigenvalue weighted by Crippen LogP contribution is -2.47. The number of nitrogens with zero attached hydrogens (tertiary/aromatic N) is 3. The first kappa shape index (κ1) is 14.4. The number of aromatic nitrogens is 2. The molecule has 2 fully saturated rings. The molecular weight excluding hydrogens is 282 g/mol. The number of H-pyrrole nitrogens is 1. The van der Waals surface area contributed by atoms with Crippen molar-refractivity contribution in [1.29, 1.82) is 0 Å². The Kier molecular flexibility index (Phi) is 3.45. The zero-order valence-corrected chi connectivity index (χ0v) is 11.8. The second-order valence-corrected chi connectivity index (χ2v) is 5.67. The molecule has 0 unspecified atom stereocenters. The van der Waals surface area contributed by atoms with Gasteiger partial charge in [-0.3, -0.25) is 9.69 Å². The first-order valence-electron chi connectivity index (χ1n) is 6.85. The van der Waals surface area contributed by atoms with Gasteiger partial charge in [0.15, 0.2) is 5.67 Å². The van der Waals surface area contributed by atoms with E-state index in [1.807, 2.05) is 0 Å². The molecule has 0 bridgehead atoms. The molecule has 2 atom stereocenters. The van der Waals surface area contributed by atoms with E-state index in [1.165, 1.54) is 12.0 Å². The summed E-state index contributed by atoms with van der Waals surface area (Å²) in [6, 6.07) is 0. The number of amides is 1. The highest BCUT2D eigenvalue weighted by Gasteiger charge is 2.70. The molecule has 2 aliphatic rings. The molecular formula is C13H18F2N4O2. The normalized spacial score (nSPS) is 32.9. The monoisotopic (exact) mass is 300 g/mol. The van der Waals surface area contributed by atoms with Crippen molar-refractivity contribution < 1.29 is 18.3 Å². The van der Waals surface area contributed by atoms with Crippen molar-refractivity contribution in [2.45, 2.75) is 17.9 Å². The Bertz CT molecular complexity index is 526. The number of fused-ring (bicyclic) bond motifs is 1. The molecule has 1 N–H and O–H groups in total. The lowest BCUT2D eigenvalue weighted by molar-refractivity contribution is -0.139. The second-order valence-electron chi connectivity index (χ2n) is 5.67. The molecule has 1 aromatic rings. The van der Waals surface area contributed by atoms with E-state index in [2.05, 4.69) is 9.97 Å². The Hall–Kier alpha value is -1.54. The minimum absolute atomic E-state index is 0.112. The van der Waals surface area contributed by atoms with Gasteiger partial charge in [-0.2, -0.15) is 0 Å². The average molecular weight is 300 g/mol. The molecule has 3 heterocycles. The molecule has 1 amide bonds. The number of carbonyl (C=O) groups is 1. The van der Waals surface area contributed by atoms with Crippen LogP contribution in [0.3, 0.4) is 0 Å². The highest BCUT2D eigenvalue weighted by atomic mass is 19.2. The van der Waals surface area contributed by atoms with Gasteiger partial charge in [0.1, 0.15) is 5.82 Å². The Balaban J connectivity index is 1.72. The summed E-state index contributed by atoms with van der Waals surface area (Å²) >= 11 is 0. The van der Waals surface area contributed by atoms with Crippen LogP contribution in [0.25, 0.3) is 0 Å². The van der Waals surface area contributed by atoms with Gasteiger partial charge in [-0.15, -0.1) is 0 Å². The van der Waals surface area contributed by atoms with E-state index in [9.17, 15) is 13.6 Å². The van der Waals surface area contributed by atoms with E-state index in [4.69, 9.17) is 4.74 Å². The fourth-order valence-corrected chi connectivity index (χ4v) is 3.14. The summed E-state index contributed by atoms with van der Waals surface area (Å²) in [7, 11) is 1.49. The fraction of sp³-hybridized carbons (Fsp3) is 0.692. The lowest BCUT2D eigenvalue weighted by atomic mass is 9.93. The maximum Gasteiger partial charge on any atom is 0.265 e. The number of carbonyl (C=O) groups excluding carboxylic acids is 1. The highest BCUT2D eigenvalue weighted by Crippen LogP contribution is 2.45. The molecule has 0 spiro atoms. The van der Waals surface area contributed by atoms with Gasteiger partial charge in [-0.05, 0) is 0 Å². The minimum atomic E-state index is -2.46. The van der Waals surface area contributed by atoms with Crippen LogP contribution in [-0.2, 0) is 16.1 Å².